The number of rotatable bonds is 27. The van der Waals surface area contributed by atoms with E-state index in [0.717, 1.165) is 211 Å². The van der Waals surface area contributed by atoms with Crippen LogP contribution in [0.25, 0.3) is 77.0 Å². The number of aryl methyl sites for hydroxylation is 7. The Kier molecular flexibility index (Phi) is 32.9. The summed E-state index contributed by atoms with van der Waals surface area (Å²) in [6.07, 6.45) is 2.64. The molecule has 0 saturated heterocycles. The lowest BCUT2D eigenvalue weighted by Gasteiger charge is -2.35. The number of aromatic nitrogens is 8. The summed E-state index contributed by atoms with van der Waals surface area (Å²) in [4.78, 5) is 75.1. The first-order chi connectivity index (χ1) is 69.4. The Bertz CT molecular complexity index is 7220. The van der Waals surface area contributed by atoms with Gasteiger partial charge in [-0.25, -0.2) is 39.1 Å². The number of carboxylic acids is 1. The second kappa shape index (κ2) is 43.7. The average Bonchev–Trinajstić information content (AvgIpc) is 1.53. The molecule has 0 fully saturated rings. The van der Waals surface area contributed by atoms with Crippen LogP contribution in [0.15, 0.2) is 108 Å². The predicted molar refractivity (Wildman–Crippen MR) is 599 cm³/mol. The number of aromatic hydroxyl groups is 1. The molecule has 0 unspecified atom stereocenters. The van der Waals surface area contributed by atoms with Crippen LogP contribution in [0.5, 0.6) is 28.7 Å². The van der Waals surface area contributed by atoms with E-state index in [1.807, 2.05) is 128 Å². The van der Waals surface area contributed by atoms with Crippen LogP contribution in [0.3, 0.4) is 0 Å². The molecule has 4 aliphatic rings. The van der Waals surface area contributed by atoms with E-state index in [0.29, 0.717) is 72.9 Å². The Morgan fingerprint density at radius 2 is 0.709 bits per heavy atom. The van der Waals surface area contributed by atoms with Crippen LogP contribution in [0, 0.1) is 76.2 Å². The molecular weight excluding hydrogens is 1970 g/mol. The Labute approximate surface area is 881 Å². The summed E-state index contributed by atoms with van der Waals surface area (Å²) in [6, 6.07) is 28.9. The number of halogens is 1. The number of anilines is 6. The third-order valence-corrected chi connectivity index (χ3v) is 31.5. The average molecular weight is 2120 g/mol. The number of hydrogen-bond acceptors (Lipinski definition) is 24. The van der Waals surface area contributed by atoms with Gasteiger partial charge in [0.2, 0.25) is 11.9 Å². The number of carbonyl (C=O) groups is 4. The van der Waals surface area contributed by atoms with Crippen LogP contribution >= 0.6 is 15.9 Å². The van der Waals surface area contributed by atoms with E-state index in [4.69, 9.17) is 52.1 Å². The second-order valence-electron chi connectivity index (χ2n) is 45.5. The number of nitrogens with one attached hydrogen (secondary N) is 2. The van der Waals surface area contributed by atoms with Crippen LogP contribution in [0.2, 0.25) is 51.4 Å². The Hall–Kier alpha value is -12.3. The highest BCUT2D eigenvalue weighted by molar-refractivity contribution is 9.10. The van der Waals surface area contributed by atoms with Gasteiger partial charge in [-0.05, 0) is 269 Å². The Morgan fingerprint density at radius 3 is 1.06 bits per heavy atom. The van der Waals surface area contributed by atoms with Gasteiger partial charge in [0.1, 0.15) is 17.2 Å². The molecule has 7 aromatic carbocycles. The lowest BCUT2D eigenvalue weighted by molar-refractivity contribution is -0.164. The number of nitrogens with zero attached hydrogens (tertiary/aromatic N) is 10. The van der Waals surface area contributed by atoms with E-state index in [1.165, 1.54) is 38.2 Å². The summed E-state index contributed by atoms with van der Waals surface area (Å²) >= 11 is 3.74. The minimum atomic E-state index is -1.34. The quantitative estimate of drug-likeness (QED) is 0.0211. The van der Waals surface area contributed by atoms with Crippen LogP contribution < -0.4 is 39.4 Å². The molecule has 0 bridgehead atoms. The van der Waals surface area contributed by atoms with Crippen molar-refractivity contribution < 1.29 is 81.5 Å². The molecular formula is C116H151BrN12O17Si2. The number of benzene rings is 7. The van der Waals surface area contributed by atoms with Crippen molar-refractivity contribution in [2.24, 2.45) is 0 Å². The van der Waals surface area contributed by atoms with Gasteiger partial charge in [0.25, 0.3) is 0 Å². The van der Waals surface area contributed by atoms with E-state index in [9.17, 15) is 29.4 Å². The summed E-state index contributed by atoms with van der Waals surface area (Å²) in [6.45, 7) is 67.3. The minimum absolute atomic E-state index is 0.0856. The number of hydrogen-bond donors (Lipinski definition) is 4. The molecule has 0 amide bonds. The molecule has 4 aliphatic heterocycles. The minimum Gasteiger partial charge on any atom is -0.507 e. The first kappa shape index (κ1) is 111. The number of aliphatic carboxylic acids is 1. The Morgan fingerprint density at radius 1 is 0.399 bits per heavy atom. The Balaban J connectivity index is 0.000000159. The summed E-state index contributed by atoms with van der Waals surface area (Å²) in [7, 11) is 4.78. The smallest absolute Gasteiger partial charge is 0.339 e. The number of ether oxygens (including phenoxy) is 11. The largest absolute Gasteiger partial charge is 0.507 e. The van der Waals surface area contributed by atoms with Crippen molar-refractivity contribution >= 4 is 134 Å². The molecule has 148 heavy (non-hydrogen) atoms. The highest BCUT2D eigenvalue weighted by atomic mass is 79.9. The topological polar surface area (TPSA) is 312 Å². The molecule has 0 aliphatic carbocycles. The molecule has 792 valence electrons. The third kappa shape index (κ3) is 23.5. The van der Waals surface area contributed by atoms with Crippen LogP contribution in [0.4, 0.5) is 34.6 Å². The van der Waals surface area contributed by atoms with Crippen molar-refractivity contribution in [2.45, 2.75) is 284 Å². The van der Waals surface area contributed by atoms with E-state index in [1.54, 1.807) is 45.1 Å². The predicted octanol–water partition coefficient (Wildman–Crippen LogP) is 25.6. The maximum Gasteiger partial charge on any atom is 0.339 e. The molecule has 13 aromatic rings. The zero-order chi connectivity index (χ0) is 108. The summed E-state index contributed by atoms with van der Waals surface area (Å²) < 4.78 is 75.1. The van der Waals surface area contributed by atoms with Gasteiger partial charge in [-0.15, -0.1) is 0 Å². The highest BCUT2D eigenvalue weighted by Crippen LogP contribution is 2.56. The van der Waals surface area contributed by atoms with Crippen molar-refractivity contribution in [1.29, 1.82) is 0 Å². The van der Waals surface area contributed by atoms with Crippen LogP contribution in [-0.2, 0) is 78.5 Å². The maximum absolute atomic E-state index is 13.8. The lowest BCUT2D eigenvalue weighted by Crippen LogP contribution is -2.32. The molecule has 6 aromatic heterocycles. The highest BCUT2D eigenvalue weighted by Gasteiger charge is 2.44. The van der Waals surface area contributed by atoms with Crippen molar-refractivity contribution in [1.82, 2.24) is 38.2 Å². The molecule has 32 heteroatoms. The van der Waals surface area contributed by atoms with Crippen molar-refractivity contribution in [3.63, 3.8) is 0 Å². The summed E-state index contributed by atoms with van der Waals surface area (Å²) in [5.41, 5.74) is 25.1. The van der Waals surface area contributed by atoms with E-state index < -0.39 is 86.8 Å². The number of phenols is 1. The lowest BCUT2D eigenvalue weighted by atomic mass is 9.86. The first-order valence-corrected chi connectivity index (χ1v) is 59.1. The summed E-state index contributed by atoms with van der Waals surface area (Å²) in [5.74, 6) is 1.55. The monoisotopic (exact) mass is 2120 g/mol. The number of esters is 3. The van der Waals surface area contributed by atoms with E-state index >= 15 is 0 Å². The maximum atomic E-state index is 13.8. The third-order valence-electron chi connectivity index (χ3n) is 27.3. The van der Waals surface area contributed by atoms with Gasteiger partial charge in [-0.2, -0.15) is 0 Å². The number of phenolic OH excluding ortho intramolecular Hbond substituents is 1. The molecule has 10 heterocycles. The molecule has 0 radical (unpaired) electrons. The van der Waals surface area contributed by atoms with Gasteiger partial charge in [-0.3, -0.25) is 0 Å². The first-order valence-electron chi connectivity index (χ1n) is 50.9. The van der Waals surface area contributed by atoms with Gasteiger partial charge >= 0.3 is 23.9 Å². The normalized spacial score (nSPS) is 14.3. The SMILES string of the molecule is COC(=O)[C@@H](OC(C)(C)C)c1c(C)c2c3c(cc(C)n3CCN2)c1-c1ccc(C)cc1OCC[Si](C)(C)C.COC(=O)[C@@H](OC(C)(C)C)c1c(C)c2c3c(cc(C)n3CCN2)c1Br.COC(=O)[C@@H](OC(C)(C)C)c1c(C)c2c3c(cc(C)n3CCN2c2ncc(OC)cn2)c1-c1ccc(C)cc1OCC[Si](C)(C)C.COc1cnc(N2CCn3c(C)cc4c(-c5ccc(C)cc5O)c([C@H](OC(C)(C)C)C(=O)O)c(C)c2c43)nc1. The number of carbonyl (C=O) groups excluding carboxylic acids is 3. The number of carboxylic acid groups (broad SMARTS) is 1. The molecule has 0 saturated carbocycles. The van der Waals surface area contributed by atoms with Crippen molar-refractivity contribution in [3.05, 3.63) is 192 Å². The zero-order valence-electron chi connectivity index (χ0n) is 93.0. The van der Waals surface area contributed by atoms with Gasteiger partial charge in [0.05, 0.1) is 141 Å². The molecule has 29 nitrogen and oxygen atoms in total. The molecule has 4 N–H and O–H groups in total. The molecule has 0 spiro atoms. The fourth-order valence-electron chi connectivity index (χ4n) is 20.5. The second-order valence-corrected chi connectivity index (χ2v) is 57.6. The van der Waals surface area contributed by atoms with Gasteiger partial charge in [-0.1, -0.05) is 75.7 Å². The fraction of sp³-hybridized carbons (Fsp3) is 0.466. The van der Waals surface area contributed by atoms with Gasteiger partial charge in [0.15, 0.2) is 35.9 Å². The van der Waals surface area contributed by atoms with Crippen LogP contribution in [-0.4, -0.2) is 186 Å². The van der Waals surface area contributed by atoms with Crippen molar-refractivity contribution in [2.75, 3.05) is 95.4 Å². The molecule has 4 atom stereocenters. The zero-order valence-corrected chi connectivity index (χ0v) is 96.6. The van der Waals surface area contributed by atoms with Crippen molar-refractivity contribution in [3.8, 4) is 62.1 Å². The van der Waals surface area contributed by atoms with E-state index in [2.05, 4.69) is 218 Å². The van der Waals surface area contributed by atoms with E-state index in [-0.39, 0.29) is 5.75 Å². The standard InChI is InChI=1S/C36H48N4O5Si.C31H44N2O4Si.C30H34N4O5.C19H25BrN2O3/c1-22-12-13-26(28(18-22)44-16-17-46(9,10)11)30-27-19-23(2)39-14-15-40(35-37-20-25(42-7)21-38-35)31(32(27)39)24(3)29(30)33(34(41)43-8)45-36(4,5)6;1-19-11-12-22(24(17-19)36-15-16-38(8,9)10)26-23-18-20(2)33-14-13-32-27(28(23)33)21(3)25(26)29(30(34)35-7)37-31(4,5)6;1-16-8-9-20(22(35)12-16)24-21-13-17(2)33-10-11-34(29-31-14-19(38-7)15-32-29)25(26(21)33)18(3)23(24)27(28(36)37)39-30(4,5)6;1-10-9-12-14(20)13(17(18(23)24-6)25-19(3,4)5)11(2)15-16(12)22(10)8-7-21-15/h12-13,18-21,33H,14-17H2,1-11H3;11-12,17-18,29,32H,13-16H2,1-10H3;8-9,12-15,27,35H,10-11H2,1-7H3,(H,36,37);9,17,21H,7-8H2,1-6H3/t33-;29-;27-;17-/m0000/s1. The van der Waals surface area contributed by atoms with Gasteiger partial charge in [0, 0.05) is 173 Å². The van der Waals surface area contributed by atoms with Gasteiger partial charge < -0.3 is 101 Å². The summed E-state index contributed by atoms with van der Waals surface area (Å²) in [5, 5.41) is 32.8. The van der Waals surface area contributed by atoms with Crippen LogP contribution in [0.1, 0.15) is 191 Å². The number of methoxy groups -OCH3 is 5. The molecule has 17 rings (SSSR count). The fourth-order valence-corrected chi connectivity index (χ4v) is 22.7.